The molecule has 0 aliphatic rings. The molecule has 4 nitrogen and oxygen atoms in total. The van der Waals surface area contributed by atoms with Gasteiger partial charge < -0.3 is 15.0 Å². The molecular weight excluding hydrogens is 264 g/mol. The number of aromatic amines is 1. The van der Waals surface area contributed by atoms with Gasteiger partial charge in [0.25, 0.3) is 5.91 Å². The number of H-pyrrole nitrogens is 1. The van der Waals surface area contributed by atoms with Crippen LogP contribution in [0.15, 0.2) is 48.7 Å². The van der Waals surface area contributed by atoms with E-state index < -0.39 is 0 Å². The van der Waals surface area contributed by atoms with Crippen molar-refractivity contribution in [3.63, 3.8) is 0 Å². The molecule has 0 atom stereocenters. The van der Waals surface area contributed by atoms with Gasteiger partial charge in [0, 0.05) is 22.7 Å². The number of nitrogens with one attached hydrogen (secondary N) is 2. The predicted molar refractivity (Wildman–Crippen MR) is 84.0 cm³/mol. The molecule has 0 bridgehead atoms. The first-order chi connectivity index (χ1) is 10.2. The van der Waals surface area contributed by atoms with Crippen LogP contribution in [0.25, 0.3) is 10.9 Å². The molecule has 1 amide bonds. The lowest BCUT2D eigenvalue weighted by molar-refractivity contribution is 0.102. The van der Waals surface area contributed by atoms with Crippen LogP contribution in [-0.4, -0.2) is 18.0 Å². The molecule has 3 aromatic rings. The molecular formula is C17H16N2O2. The Morgan fingerprint density at radius 1 is 1.19 bits per heavy atom. The number of aromatic nitrogens is 1. The van der Waals surface area contributed by atoms with Crippen LogP contribution in [0.4, 0.5) is 5.69 Å². The molecule has 3 rings (SSSR count). The molecule has 0 saturated heterocycles. The van der Waals surface area contributed by atoms with Crippen LogP contribution in [0.3, 0.4) is 0 Å². The van der Waals surface area contributed by atoms with Crippen LogP contribution >= 0.6 is 0 Å². The molecule has 0 saturated carbocycles. The summed E-state index contributed by atoms with van der Waals surface area (Å²) >= 11 is 0. The van der Waals surface area contributed by atoms with E-state index in [1.54, 1.807) is 7.11 Å². The van der Waals surface area contributed by atoms with E-state index >= 15 is 0 Å². The van der Waals surface area contributed by atoms with Crippen LogP contribution in [0, 0.1) is 6.92 Å². The zero-order valence-electron chi connectivity index (χ0n) is 11.9. The van der Waals surface area contributed by atoms with Crippen molar-refractivity contribution in [2.45, 2.75) is 6.92 Å². The molecule has 21 heavy (non-hydrogen) atoms. The number of fused-ring (bicyclic) bond motifs is 1. The summed E-state index contributed by atoms with van der Waals surface area (Å²) in [6, 6.07) is 13.2. The van der Waals surface area contributed by atoms with Crippen molar-refractivity contribution in [1.29, 1.82) is 0 Å². The van der Waals surface area contributed by atoms with Crippen molar-refractivity contribution in [1.82, 2.24) is 4.98 Å². The minimum Gasteiger partial charge on any atom is -0.495 e. The van der Waals surface area contributed by atoms with Crippen molar-refractivity contribution in [2.75, 3.05) is 12.4 Å². The van der Waals surface area contributed by atoms with Gasteiger partial charge in [0.2, 0.25) is 0 Å². The zero-order valence-corrected chi connectivity index (χ0v) is 11.9. The Morgan fingerprint density at radius 2 is 2.05 bits per heavy atom. The topological polar surface area (TPSA) is 54.1 Å². The summed E-state index contributed by atoms with van der Waals surface area (Å²) in [5, 5.41) is 3.81. The minimum absolute atomic E-state index is 0.151. The third kappa shape index (κ3) is 2.48. The smallest absolute Gasteiger partial charge is 0.256 e. The van der Waals surface area contributed by atoms with Crippen LogP contribution in [0.1, 0.15) is 15.9 Å². The molecule has 1 aromatic heterocycles. The Balaban J connectivity index is 1.95. The second kappa shape index (κ2) is 5.32. The summed E-state index contributed by atoms with van der Waals surface area (Å²) < 4.78 is 5.31. The number of hydrogen-bond donors (Lipinski definition) is 2. The second-order valence-electron chi connectivity index (χ2n) is 4.90. The Morgan fingerprint density at radius 3 is 2.86 bits per heavy atom. The Labute approximate surface area is 122 Å². The van der Waals surface area contributed by atoms with E-state index in [9.17, 15) is 4.79 Å². The third-order valence-corrected chi connectivity index (χ3v) is 3.44. The molecule has 1 heterocycles. The van der Waals surface area contributed by atoms with Gasteiger partial charge in [-0.3, -0.25) is 4.79 Å². The van der Waals surface area contributed by atoms with Gasteiger partial charge in [0.1, 0.15) is 5.75 Å². The van der Waals surface area contributed by atoms with Gasteiger partial charge in [-0.25, -0.2) is 0 Å². The maximum absolute atomic E-state index is 12.5. The van der Waals surface area contributed by atoms with Gasteiger partial charge >= 0.3 is 0 Å². The molecule has 2 N–H and O–H groups in total. The molecule has 0 radical (unpaired) electrons. The van der Waals surface area contributed by atoms with Crippen LogP contribution in [-0.2, 0) is 0 Å². The summed E-state index contributed by atoms with van der Waals surface area (Å²) in [5.74, 6) is 0.506. The number of methoxy groups -OCH3 is 1. The fourth-order valence-corrected chi connectivity index (χ4v) is 2.37. The molecule has 0 aliphatic carbocycles. The number of anilines is 1. The van der Waals surface area contributed by atoms with E-state index in [2.05, 4.69) is 10.3 Å². The molecule has 0 aliphatic heterocycles. The van der Waals surface area contributed by atoms with Gasteiger partial charge in [-0.2, -0.15) is 0 Å². The number of ether oxygens (including phenoxy) is 1. The number of hydrogen-bond acceptors (Lipinski definition) is 2. The Hall–Kier alpha value is -2.75. The third-order valence-electron chi connectivity index (χ3n) is 3.44. The molecule has 4 heteroatoms. The average molecular weight is 280 g/mol. The van der Waals surface area contributed by atoms with E-state index in [0.29, 0.717) is 17.0 Å². The van der Waals surface area contributed by atoms with Gasteiger partial charge in [-0.1, -0.05) is 12.1 Å². The van der Waals surface area contributed by atoms with E-state index in [4.69, 9.17) is 4.74 Å². The summed E-state index contributed by atoms with van der Waals surface area (Å²) in [6.45, 7) is 1.98. The highest BCUT2D eigenvalue weighted by molar-refractivity contribution is 6.12. The number of benzene rings is 2. The number of carbonyl (C=O) groups is 1. The first-order valence-corrected chi connectivity index (χ1v) is 6.71. The van der Waals surface area contributed by atoms with Crippen molar-refractivity contribution < 1.29 is 9.53 Å². The lowest BCUT2D eigenvalue weighted by Gasteiger charge is -2.11. The number of amides is 1. The maximum Gasteiger partial charge on any atom is 0.256 e. The SMILES string of the molecule is COc1cc(C)ccc1NC(=O)c1cccc2[nH]ccc12. The lowest BCUT2D eigenvalue weighted by atomic mass is 10.1. The standard InChI is InChI=1S/C17H16N2O2/c1-11-6-7-15(16(10-11)21-2)19-17(20)13-4-3-5-14-12(13)8-9-18-14/h3-10,18H,1-2H3,(H,19,20). The van der Waals surface area contributed by atoms with Crippen molar-refractivity contribution in [3.8, 4) is 5.75 Å². The predicted octanol–water partition coefficient (Wildman–Crippen LogP) is 3.74. The van der Waals surface area contributed by atoms with Gasteiger partial charge in [0.05, 0.1) is 12.8 Å². The minimum atomic E-state index is -0.151. The summed E-state index contributed by atoms with van der Waals surface area (Å²) in [4.78, 5) is 15.6. The van der Waals surface area contributed by atoms with E-state index in [1.165, 1.54) is 0 Å². The highest BCUT2D eigenvalue weighted by Gasteiger charge is 2.13. The number of aryl methyl sites for hydroxylation is 1. The monoisotopic (exact) mass is 280 g/mol. The van der Waals surface area contributed by atoms with Gasteiger partial charge in [-0.15, -0.1) is 0 Å². The summed E-state index contributed by atoms with van der Waals surface area (Å²) in [5.41, 5.74) is 3.33. The summed E-state index contributed by atoms with van der Waals surface area (Å²) in [7, 11) is 1.59. The van der Waals surface area contributed by atoms with Crippen LogP contribution in [0.2, 0.25) is 0 Å². The quantitative estimate of drug-likeness (QED) is 0.768. The van der Waals surface area contributed by atoms with Gasteiger partial charge in [-0.05, 0) is 42.8 Å². The van der Waals surface area contributed by atoms with E-state index in [0.717, 1.165) is 16.5 Å². The summed E-state index contributed by atoms with van der Waals surface area (Å²) in [6.07, 6.45) is 1.83. The zero-order chi connectivity index (χ0) is 14.8. The number of carbonyl (C=O) groups excluding carboxylic acids is 1. The van der Waals surface area contributed by atoms with Crippen LogP contribution < -0.4 is 10.1 Å². The largest absolute Gasteiger partial charge is 0.495 e. The van der Waals surface area contributed by atoms with E-state index in [-0.39, 0.29) is 5.91 Å². The fourth-order valence-electron chi connectivity index (χ4n) is 2.37. The average Bonchev–Trinajstić information content (AvgIpc) is 2.97. The first kappa shape index (κ1) is 13.2. The highest BCUT2D eigenvalue weighted by Crippen LogP contribution is 2.26. The first-order valence-electron chi connectivity index (χ1n) is 6.71. The normalized spacial score (nSPS) is 10.6. The van der Waals surface area contributed by atoms with E-state index in [1.807, 2.05) is 55.6 Å². The molecule has 106 valence electrons. The molecule has 0 spiro atoms. The van der Waals surface area contributed by atoms with Crippen LogP contribution in [0.5, 0.6) is 5.75 Å². The maximum atomic E-state index is 12.5. The van der Waals surface area contributed by atoms with Crippen molar-refractivity contribution >= 4 is 22.5 Å². The van der Waals surface area contributed by atoms with Crippen molar-refractivity contribution in [2.24, 2.45) is 0 Å². The van der Waals surface area contributed by atoms with Crippen molar-refractivity contribution in [3.05, 3.63) is 59.8 Å². The Kier molecular flexibility index (Phi) is 3.36. The number of rotatable bonds is 3. The Bertz CT molecular complexity index is 805. The van der Waals surface area contributed by atoms with Gasteiger partial charge in [0.15, 0.2) is 0 Å². The molecule has 0 fully saturated rings. The fraction of sp³-hybridized carbons (Fsp3) is 0.118. The lowest BCUT2D eigenvalue weighted by Crippen LogP contribution is -2.13. The molecule has 0 unspecified atom stereocenters. The highest BCUT2D eigenvalue weighted by atomic mass is 16.5. The second-order valence-corrected chi connectivity index (χ2v) is 4.90. The molecule has 2 aromatic carbocycles.